The Labute approximate surface area is 120 Å². The Morgan fingerprint density at radius 3 is 2.79 bits per heavy atom. The molecule has 19 heavy (non-hydrogen) atoms. The first-order chi connectivity index (χ1) is 8.93. The van der Waals surface area contributed by atoms with E-state index < -0.39 is 6.10 Å². The van der Waals surface area contributed by atoms with Crippen molar-refractivity contribution in [2.24, 2.45) is 0 Å². The van der Waals surface area contributed by atoms with Crippen LogP contribution < -0.4 is 10.1 Å². The van der Waals surface area contributed by atoms with Crippen molar-refractivity contribution in [3.05, 3.63) is 28.5 Å². The van der Waals surface area contributed by atoms with Gasteiger partial charge >= 0.3 is 0 Å². The van der Waals surface area contributed by atoms with Crippen LogP contribution in [0.4, 0.5) is 4.39 Å². The lowest BCUT2D eigenvalue weighted by Gasteiger charge is -2.18. The van der Waals surface area contributed by atoms with E-state index in [0.29, 0.717) is 16.6 Å². The van der Waals surface area contributed by atoms with E-state index in [9.17, 15) is 9.18 Å². The van der Waals surface area contributed by atoms with E-state index in [2.05, 4.69) is 21.2 Å². The highest BCUT2D eigenvalue weighted by Gasteiger charge is 2.17. The van der Waals surface area contributed by atoms with E-state index in [-0.39, 0.29) is 24.4 Å². The monoisotopic (exact) mass is 333 g/mol. The molecule has 0 saturated heterocycles. The number of amides is 1. The van der Waals surface area contributed by atoms with Crippen LogP contribution in [-0.4, -0.2) is 29.8 Å². The Hall–Kier alpha value is -1.14. The van der Waals surface area contributed by atoms with E-state index in [4.69, 9.17) is 9.84 Å². The molecule has 0 radical (unpaired) electrons. The van der Waals surface area contributed by atoms with Gasteiger partial charge in [0.2, 0.25) is 0 Å². The zero-order chi connectivity index (χ0) is 14.4. The fourth-order valence-corrected chi connectivity index (χ4v) is 1.89. The molecule has 0 aliphatic rings. The van der Waals surface area contributed by atoms with Gasteiger partial charge in [-0.05, 0) is 54.4 Å². The Balaban J connectivity index is 2.58. The molecule has 1 amide bonds. The third kappa shape index (κ3) is 5.16. The van der Waals surface area contributed by atoms with Crippen LogP contribution in [0.2, 0.25) is 0 Å². The van der Waals surface area contributed by atoms with Gasteiger partial charge in [-0.1, -0.05) is 0 Å². The summed E-state index contributed by atoms with van der Waals surface area (Å²) in [5.41, 5.74) is 0. The minimum Gasteiger partial charge on any atom is -0.480 e. The smallest absolute Gasteiger partial charge is 0.260 e. The summed E-state index contributed by atoms with van der Waals surface area (Å²) in [6.45, 7) is 3.42. The number of hydrogen-bond donors (Lipinski definition) is 2. The summed E-state index contributed by atoms with van der Waals surface area (Å²) in [5, 5.41) is 11.5. The fraction of sp³-hybridized carbons (Fsp3) is 0.462. The number of benzene rings is 1. The molecule has 0 aliphatic carbocycles. The Morgan fingerprint density at radius 1 is 1.53 bits per heavy atom. The maximum atomic E-state index is 12.9. The number of halogens is 2. The van der Waals surface area contributed by atoms with Gasteiger partial charge < -0.3 is 15.2 Å². The molecule has 6 heteroatoms. The number of carbonyl (C=O) groups excluding carboxylic acids is 1. The van der Waals surface area contributed by atoms with Crippen LogP contribution in [0.1, 0.15) is 20.3 Å². The van der Waals surface area contributed by atoms with E-state index in [0.717, 1.165) is 0 Å². The molecule has 1 aromatic carbocycles. The summed E-state index contributed by atoms with van der Waals surface area (Å²) in [4.78, 5) is 11.8. The molecule has 106 valence electrons. The molecule has 1 aromatic rings. The van der Waals surface area contributed by atoms with E-state index >= 15 is 0 Å². The van der Waals surface area contributed by atoms with Gasteiger partial charge in [0.15, 0.2) is 6.10 Å². The molecule has 1 unspecified atom stereocenters. The Morgan fingerprint density at radius 2 is 2.21 bits per heavy atom. The van der Waals surface area contributed by atoms with Crippen LogP contribution in [0.3, 0.4) is 0 Å². The highest BCUT2D eigenvalue weighted by Crippen LogP contribution is 2.26. The third-order valence-corrected chi connectivity index (χ3v) is 3.14. The largest absolute Gasteiger partial charge is 0.480 e. The fourth-order valence-electron chi connectivity index (χ4n) is 1.44. The number of rotatable bonds is 6. The van der Waals surface area contributed by atoms with Gasteiger partial charge in [0.05, 0.1) is 4.47 Å². The molecule has 4 nitrogen and oxygen atoms in total. The summed E-state index contributed by atoms with van der Waals surface area (Å²) >= 11 is 3.17. The van der Waals surface area contributed by atoms with E-state index in [1.807, 2.05) is 0 Å². The van der Waals surface area contributed by atoms with Crippen molar-refractivity contribution in [3.8, 4) is 5.75 Å². The lowest BCUT2D eigenvalue weighted by molar-refractivity contribution is -0.128. The number of aliphatic hydroxyl groups is 1. The van der Waals surface area contributed by atoms with E-state index in [1.54, 1.807) is 13.8 Å². The summed E-state index contributed by atoms with van der Waals surface area (Å²) in [5.74, 6) is -0.260. The van der Waals surface area contributed by atoms with E-state index in [1.165, 1.54) is 18.2 Å². The molecule has 0 aromatic heterocycles. The quantitative estimate of drug-likeness (QED) is 0.839. The van der Waals surface area contributed by atoms with Crippen molar-refractivity contribution in [3.63, 3.8) is 0 Å². The van der Waals surface area contributed by atoms with Gasteiger partial charge in [-0.2, -0.15) is 0 Å². The molecule has 2 N–H and O–H groups in total. The molecule has 0 heterocycles. The molecule has 1 rings (SSSR count). The minimum atomic E-state index is -0.706. The van der Waals surface area contributed by atoms with Crippen LogP contribution in [0, 0.1) is 5.82 Å². The van der Waals surface area contributed by atoms with Crippen molar-refractivity contribution in [2.45, 2.75) is 32.4 Å². The molecule has 0 aliphatic heterocycles. The topological polar surface area (TPSA) is 58.6 Å². The summed E-state index contributed by atoms with van der Waals surface area (Å²) in [6.07, 6.45) is -0.221. The molecule has 2 atom stereocenters. The zero-order valence-electron chi connectivity index (χ0n) is 10.8. The average Bonchev–Trinajstić information content (AvgIpc) is 2.32. The lowest BCUT2D eigenvalue weighted by Crippen LogP contribution is -2.41. The molecule has 0 fully saturated rings. The van der Waals surface area contributed by atoms with Crippen LogP contribution in [-0.2, 0) is 4.79 Å². The standard InChI is InChI=1S/C13H17BrFNO3/c1-8(5-6-17)16-13(18)9(2)19-12-4-3-10(15)7-11(12)14/h3-4,7-9,17H,5-6H2,1-2H3,(H,16,18)/t8-,9?/m1/s1. The third-order valence-electron chi connectivity index (χ3n) is 2.52. The van der Waals surface area contributed by atoms with Crippen LogP contribution in [0.15, 0.2) is 22.7 Å². The molecule has 0 saturated carbocycles. The highest BCUT2D eigenvalue weighted by atomic mass is 79.9. The van der Waals surface area contributed by atoms with Gasteiger partial charge in [-0.3, -0.25) is 4.79 Å². The molecule has 0 bridgehead atoms. The Kier molecular flexibility index (Phi) is 6.24. The number of hydrogen-bond acceptors (Lipinski definition) is 3. The predicted molar refractivity (Wildman–Crippen MR) is 73.5 cm³/mol. The van der Waals surface area contributed by atoms with Crippen molar-refractivity contribution in [1.82, 2.24) is 5.32 Å². The average molecular weight is 334 g/mol. The van der Waals surface area contributed by atoms with Crippen LogP contribution in [0.5, 0.6) is 5.75 Å². The second-order valence-electron chi connectivity index (χ2n) is 4.26. The number of ether oxygens (including phenoxy) is 1. The van der Waals surface area contributed by atoms with Crippen LogP contribution >= 0.6 is 15.9 Å². The summed E-state index contributed by atoms with van der Waals surface area (Å²) in [7, 11) is 0. The highest BCUT2D eigenvalue weighted by molar-refractivity contribution is 9.10. The van der Waals surface area contributed by atoms with Gasteiger partial charge in [0.25, 0.3) is 5.91 Å². The minimum absolute atomic E-state index is 0.0141. The van der Waals surface area contributed by atoms with Crippen molar-refractivity contribution < 1.29 is 19.0 Å². The lowest BCUT2D eigenvalue weighted by atomic mass is 10.2. The van der Waals surface area contributed by atoms with Crippen molar-refractivity contribution in [1.29, 1.82) is 0 Å². The predicted octanol–water partition coefficient (Wildman–Crippen LogP) is 2.24. The second-order valence-corrected chi connectivity index (χ2v) is 5.11. The van der Waals surface area contributed by atoms with Crippen molar-refractivity contribution >= 4 is 21.8 Å². The number of carbonyl (C=O) groups is 1. The Bertz CT molecular complexity index is 442. The number of nitrogens with one attached hydrogen (secondary N) is 1. The maximum Gasteiger partial charge on any atom is 0.260 e. The SMILES string of the molecule is CC(Oc1ccc(F)cc1Br)C(=O)N[C@H](C)CCO. The zero-order valence-corrected chi connectivity index (χ0v) is 12.4. The first-order valence-electron chi connectivity index (χ1n) is 5.97. The number of aliphatic hydroxyl groups excluding tert-OH is 1. The molecular formula is C13H17BrFNO3. The van der Waals surface area contributed by atoms with Crippen molar-refractivity contribution in [2.75, 3.05) is 6.61 Å². The van der Waals surface area contributed by atoms with Gasteiger partial charge in [0.1, 0.15) is 11.6 Å². The van der Waals surface area contributed by atoms with Crippen LogP contribution in [0.25, 0.3) is 0 Å². The summed E-state index contributed by atoms with van der Waals surface area (Å²) in [6, 6.07) is 3.87. The second kappa shape index (κ2) is 7.45. The molecule has 0 spiro atoms. The molecular weight excluding hydrogens is 317 g/mol. The maximum absolute atomic E-state index is 12.9. The first kappa shape index (κ1) is 15.9. The summed E-state index contributed by atoms with van der Waals surface area (Å²) < 4.78 is 18.8. The first-order valence-corrected chi connectivity index (χ1v) is 6.76. The normalized spacial score (nSPS) is 13.7. The van der Waals surface area contributed by atoms with Gasteiger partial charge in [0, 0.05) is 12.6 Å². The van der Waals surface area contributed by atoms with Gasteiger partial charge in [-0.25, -0.2) is 4.39 Å². The van der Waals surface area contributed by atoms with Gasteiger partial charge in [-0.15, -0.1) is 0 Å².